The molecule has 0 aromatic rings. The molecule has 2 saturated heterocycles. The largest absolute Gasteiger partial charge is 0.355 e. The molecule has 4 nitrogen and oxygen atoms in total. The summed E-state index contributed by atoms with van der Waals surface area (Å²) in [5.41, 5.74) is 0. The summed E-state index contributed by atoms with van der Waals surface area (Å²) in [5, 5.41) is 6.53. The molecule has 2 aliphatic rings. The number of likely N-dealkylation sites (tertiary alicyclic amines) is 1. The molecule has 2 rings (SSSR count). The molecule has 1 amide bonds. The van der Waals surface area contributed by atoms with E-state index in [0.29, 0.717) is 12.0 Å². The van der Waals surface area contributed by atoms with E-state index in [1.165, 1.54) is 19.3 Å². The van der Waals surface area contributed by atoms with Crippen molar-refractivity contribution >= 4 is 5.91 Å². The molecular formula is C15H29N3O. The number of hydrogen-bond donors (Lipinski definition) is 2. The molecule has 2 heterocycles. The highest BCUT2D eigenvalue weighted by molar-refractivity contribution is 5.82. The van der Waals surface area contributed by atoms with Crippen molar-refractivity contribution in [1.82, 2.24) is 15.5 Å². The quantitative estimate of drug-likeness (QED) is 0.790. The van der Waals surface area contributed by atoms with Crippen LogP contribution in [-0.4, -0.2) is 49.1 Å². The van der Waals surface area contributed by atoms with E-state index in [-0.39, 0.29) is 11.9 Å². The predicted molar refractivity (Wildman–Crippen MR) is 78.1 cm³/mol. The van der Waals surface area contributed by atoms with E-state index in [0.717, 1.165) is 39.0 Å². The van der Waals surface area contributed by atoms with E-state index >= 15 is 0 Å². The number of nitrogens with one attached hydrogen (secondary N) is 2. The van der Waals surface area contributed by atoms with Crippen LogP contribution in [0.15, 0.2) is 0 Å². The molecule has 4 heteroatoms. The van der Waals surface area contributed by atoms with Gasteiger partial charge in [-0.2, -0.15) is 0 Å². The fraction of sp³-hybridized carbons (Fsp3) is 0.933. The summed E-state index contributed by atoms with van der Waals surface area (Å²) in [5.74, 6) is 0.918. The van der Waals surface area contributed by atoms with E-state index in [9.17, 15) is 4.79 Å². The van der Waals surface area contributed by atoms with Crippen LogP contribution >= 0.6 is 0 Å². The lowest BCUT2D eigenvalue weighted by molar-refractivity contribution is -0.126. The summed E-state index contributed by atoms with van der Waals surface area (Å²) < 4.78 is 0. The Morgan fingerprint density at radius 3 is 2.74 bits per heavy atom. The van der Waals surface area contributed by atoms with Gasteiger partial charge in [0.15, 0.2) is 0 Å². The maximum Gasteiger partial charge on any atom is 0.237 e. The lowest BCUT2D eigenvalue weighted by Gasteiger charge is -2.35. The van der Waals surface area contributed by atoms with E-state index in [4.69, 9.17) is 0 Å². The molecule has 19 heavy (non-hydrogen) atoms. The zero-order valence-corrected chi connectivity index (χ0v) is 12.5. The Bertz CT molecular complexity index is 287. The topological polar surface area (TPSA) is 44.4 Å². The minimum Gasteiger partial charge on any atom is -0.355 e. The third-order valence-electron chi connectivity index (χ3n) is 4.40. The van der Waals surface area contributed by atoms with Gasteiger partial charge in [-0.15, -0.1) is 0 Å². The van der Waals surface area contributed by atoms with Gasteiger partial charge in [0.25, 0.3) is 0 Å². The van der Waals surface area contributed by atoms with E-state index in [1.807, 2.05) is 0 Å². The highest BCUT2D eigenvalue weighted by Gasteiger charge is 2.35. The zero-order chi connectivity index (χ0) is 13.7. The number of nitrogens with zero attached hydrogens (tertiary/aromatic N) is 1. The van der Waals surface area contributed by atoms with Gasteiger partial charge in [-0.3, -0.25) is 9.69 Å². The zero-order valence-electron chi connectivity index (χ0n) is 12.5. The molecule has 2 N–H and O–H groups in total. The smallest absolute Gasteiger partial charge is 0.237 e. The van der Waals surface area contributed by atoms with Crippen molar-refractivity contribution < 1.29 is 4.79 Å². The molecule has 0 bridgehead atoms. The summed E-state index contributed by atoms with van der Waals surface area (Å²) in [6, 6.07) is 0.750. The highest BCUT2D eigenvalue weighted by Crippen LogP contribution is 2.24. The Labute approximate surface area is 117 Å². The van der Waals surface area contributed by atoms with Crippen LogP contribution in [0.1, 0.15) is 46.0 Å². The van der Waals surface area contributed by atoms with Gasteiger partial charge >= 0.3 is 0 Å². The number of hydrogen-bond acceptors (Lipinski definition) is 3. The first-order chi connectivity index (χ1) is 9.18. The van der Waals surface area contributed by atoms with Crippen LogP contribution in [0.4, 0.5) is 0 Å². The normalized spacial score (nSPS) is 25.9. The van der Waals surface area contributed by atoms with Gasteiger partial charge in [-0.05, 0) is 57.7 Å². The van der Waals surface area contributed by atoms with Crippen LogP contribution < -0.4 is 10.6 Å². The summed E-state index contributed by atoms with van der Waals surface area (Å²) >= 11 is 0. The van der Waals surface area contributed by atoms with Crippen LogP contribution in [0, 0.1) is 5.92 Å². The van der Waals surface area contributed by atoms with Crippen molar-refractivity contribution in [1.29, 1.82) is 0 Å². The van der Waals surface area contributed by atoms with Gasteiger partial charge in [-0.1, -0.05) is 13.8 Å². The maximum atomic E-state index is 12.3. The molecule has 0 radical (unpaired) electrons. The predicted octanol–water partition coefficient (Wildman–Crippen LogP) is 1.37. The average Bonchev–Trinajstić information content (AvgIpc) is 2.88. The second-order valence-corrected chi connectivity index (χ2v) is 6.35. The monoisotopic (exact) mass is 267 g/mol. The highest BCUT2D eigenvalue weighted by atomic mass is 16.2. The van der Waals surface area contributed by atoms with Gasteiger partial charge < -0.3 is 10.6 Å². The molecule has 1 atom stereocenters. The summed E-state index contributed by atoms with van der Waals surface area (Å²) in [4.78, 5) is 14.8. The van der Waals surface area contributed by atoms with Crippen molar-refractivity contribution in [3.8, 4) is 0 Å². The van der Waals surface area contributed by atoms with Crippen molar-refractivity contribution in [3.05, 3.63) is 0 Å². The van der Waals surface area contributed by atoms with Gasteiger partial charge in [0.2, 0.25) is 5.91 Å². The van der Waals surface area contributed by atoms with Gasteiger partial charge in [-0.25, -0.2) is 0 Å². The Morgan fingerprint density at radius 2 is 2.05 bits per heavy atom. The number of carbonyl (C=O) groups is 1. The second kappa shape index (κ2) is 7.25. The minimum atomic E-state index is 0.135. The first-order valence-electron chi connectivity index (χ1n) is 7.92. The Kier molecular flexibility index (Phi) is 5.64. The van der Waals surface area contributed by atoms with Crippen LogP contribution in [0.2, 0.25) is 0 Å². The third kappa shape index (κ3) is 4.18. The van der Waals surface area contributed by atoms with Crippen molar-refractivity contribution in [3.63, 3.8) is 0 Å². The maximum absolute atomic E-state index is 12.3. The molecular weight excluding hydrogens is 238 g/mol. The SMILES string of the molecule is CC(C)CCNC(=O)C1CCCN1C1CCNCC1. The standard InChI is InChI=1S/C15H29N3O/c1-12(2)5-10-17-15(19)14-4-3-11-18(14)13-6-8-16-9-7-13/h12-14,16H,3-11H2,1-2H3,(H,17,19). The third-order valence-corrected chi connectivity index (χ3v) is 4.40. The molecule has 2 aliphatic heterocycles. The van der Waals surface area contributed by atoms with Gasteiger partial charge in [0.1, 0.15) is 0 Å². The molecule has 0 aliphatic carbocycles. The Hall–Kier alpha value is -0.610. The first kappa shape index (κ1) is 14.8. The van der Waals surface area contributed by atoms with E-state index in [2.05, 4.69) is 29.4 Å². The minimum absolute atomic E-state index is 0.135. The Balaban J connectivity index is 1.81. The summed E-state index contributed by atoms with van der Waals surface area (Å²) in [7, 11) is 0. The number of amides is 1. The van der Waals surface area contributed by atoms with Crippen LogP contribution in [0.5, 0.6) is 0 Å². The first-order valence-corrected chi connectivity index (χ1v) is 7.92. The Morgan fingerprint density at radius 1 is 1.32 bits per heavy atom. The summed E-state index contributed by atoms with van der Waals surface area (Å²) in [6.45, 7) is 8.53. The molecule has 0 spiro atoms. The van der Waals surface area contributed by atoms with Crippen LogP contribution in [0.3, 0.4) is 0 Å². The molecule has 2 fully saturated rings. The molecule has 0 aromatic heterocycles. The van der Waals surface area contributed by atoms with E-state index in [1.54, 1.807) is 0 Å². The number of rotatable bonds is 5. The molecule has 0 saturated carbocycles. The van der Waals surface area contributed by atoms with Gasteiger partial charge in [0.05, 0.1) is 6.04 Å². The fourth-order valence-electron chi connectivity index (χ4n) is 3.25. The van der Waals surface area contributed by atoms with Crippen LogP contribution in [-0.2, 0) is 4.79 Å². The molecule has 0 aromatic carbocycles. The lowest BCUT2D eigenvalue weighted by atomic mass is 10.0. The molecule has 1 unspecified atom stereocenters. The van der Waals surface area contributed by atoms with Crippen molar-refractivity contribution in [2.24, 2.45) is 5.92 Å². The number of carbonyl (C=O) groups excluding carboxylic acids is 1. The van der Waals surface area contributed by atoms with Gasteiger partial charge in [0, 0.05) is 12.6 Å². The van der Waals surface area contributed by atoms with Crippen LogP contribution in [0.25, 0.3) is 0 Å². The average molecular weight is 267 g/mol. The summed E-state index contributed by atoms with van der Waals surface area (Å²) in [6.07, 6.45) is 5.67. The molecule has 110 valence electrons. The fourth-order valence-corrected chi connectivity index (χ4v) is 3.25. The lowest BCUT2D eigenvalue weighted by Crippen LogP contribution is -2.50. The van der Waals surface area contributed by atoms with E-state index < -0.39 is 0 Å². The van der Waals surface area contributed by atoms with Crippen molar-refractivity contribution in [2.75, 3.05) is 26.2 Å². The van der Waals surface area contributed by atoms with Crippen molar-refractivity contribution in [2.45, 2.75) is 58.0 Å². The second-order valence-electron chi connectivity index (χ2n) is 6.35. The number of piperidine rings is 1.